The summed E-state index contributed by atoms with van der Waals surface area (Å²) < 4.78 is 17.0. The Morgan fingerprint density at radius 1 is 1.08 bits per heavy atom. The van der Waals surface area contributed by atoms with Gasteiger partial charge in [-0.05, 0) is 42.7 Å². The zero-order valence-electron chi connectivity index (χ0n) is 22.0. The van der Waals surface area contributed by atoms with Crippen molar-refractivity contribution in [1.82, 2.24) is 20.5 Å². The molecule has 11 heteroatoms. The van der Waals surface area contributed by atoms with Crippen LogP contribution in [-0.4, -0.2) is 40.4 Å². The van der Waals surface area contributed by atoms with Crippen LogP contribution in [-0.2, 0) is 11.2 Å². The van der Waals surface area contributed by atoms with Gasteiger partial charge >= 0.3 is 0 Å². The van der Waals surface area contributed by atoms with E-state index in [9.17, 15) is 14.7 Å². The number of methoxy groups -OCH3 is 2. The van der Waals surface area contributed by atoms with Crippen molar-refractivity contribution in [1.29, 1.82) is 0 Å². The number of carbonyl (C=O) groups is 1. The molecular formula is C28H29ClN4O6. The molecule has 39 heavy (non-hydrogen) atoms. The van der Waals surface area contributed by atoms with Crippen LogP contribution in [0, 0.1) is 0 Å². The van der Waals surface area contributed by atoms with E-state index in [1.54, 1.807) is 42.5 Å². The van der Waals surface area contributed by atoms with E-state index in [0.29, 0.717) is 45.3 Å². The van der Waals surface area contributed by atoms with Crippen molar-refractivity contribution >= 4 is 17.5 Å². The highest BCUT2D eigenvalue weighted by Crippen LogP contribution is 2.46. The summed E-state index contributed by atoms with van der Waals surface area (Å²) in [5.74, 6) is 0.00447. The summed E-state index contributed by atoms with van der Waals surface area (Å²) in [6, 6.07) is 11.2. The number of amides is 1. The molecule has 0 bridgehead atoms. The molecule has 0 saturated carbocycles. The van der Waals surface area contributed by atoms with Crippen LogP contribution >= 0.6 is 11.6 Å². The molecule has 4 aromatic rings. The molecular weight excluding hydrogens is 524 g/mol. The first-order valence-electron chi connectivity index (χ1n) is 12.3. The molecule has 10 nitrogen and oxygen atoms in total. The zero-order chi connectivity index (χ0) is 28.1. The molecule has 0 aliphatic carbocycles. The standard InChI is InChI=1S/C28H29ClN4O6/c1-5-6-8-18-21(22-19(37-3)9-7-10-20(22)38-4)25(35)23(26(36)31-18)27-32-33-28(39-27)24(30-15(2)34)16-11-13-17(29)14-12-16/h7,9-14,24H,5-6,8H2,1-4H3,(H,30,34)(H2,31,35,36). The van der Waals surface area contributed by atoms with Crippen LogP contribution in [0.25, 0.3) is 22.6 Å². The number of unbranched alkanes of at least 4 members (excludes halogenated alkanes) is 1. The van der Waals surface area contributed by atoms with Crippen LogP contribution < -0.4 is 20.3 Å². The van der Waals surface area contributed by atoms with Gasteiger partial charge < -0.3 is 29.3 Å². The number of ether oxygens (including phenoxy) is 2. The Bertz CT molecular complexity index is 1510. The quantitative estimate of drug-likeness (QED) is 0.249. The van der Waals surface area contributed by atoms with Crippen molar-refractivity contribution in [3.63, 3.8) is 0 Å². The maximum absolute atomic E-state index is 13.3. The molecule has 4 rings (SSSR count). The first kappa shape index (κ1) is 27.7. The van der Waals surface area contributed by atoms with E-state index < -0.39 is 11.6 Å². The van der Waals surface area contributed by atoms with E-state index in [-0.39, 0.29) is 29.0 Å². The van der Waals surface area contributed by atoms with Crippen molar-refractivity contribution in [3.05, 3.63) is 75.0 Å². The number of aromatic amines is 1. The highest BCUT2D eigenvalue weighted by atomic mass is 35.5. The van der Waals surface area contributed by atoms with E-state index in [1.807, 2.05) is 6.92 Å². The number of aryl methyl sites for hydroxylation is 1. The molecule has 2 aromatic carbocycles. The number of rotatable bonds is 10. The molecule has 2 heterocycles. The van der Waals surface area contributed by atoms with Crippen LogP contribution in [0.1, 0.15) is 49.9 Å². The summed E-state index contributed by atoms with van der Waals surface area (Å²) >= 11 is 6.02. The number of hydrogen-bond donors (Lipinski definition) is 3. The lowest BCUT2D eigenvalue weighted by molar-refractivity contribution is -0.119. The molecule has 0 aliphatic rings. The minimum atomic E-state index is -0.806. The third-order valence-corrected chi connectivity index (χ3v) is 6.43. The van der Waals surface area contributed by atoms with Gasteiger partial charge in [0.2, 0.25) is 11.8 Å². The first-order chi connectivity index (χ1) is 18.8. The van der Waals surface area contributed by atoms with Gasteiger partial charge in [0, 0.05) is 17.6 Å². The zero-order valence-corrected chi connectivity index (χ0v) is 22.8. The van der Waals surface area contributed by atoms with E-state index in [4.69, 9.17) is 25.5 Å². The molecule has 1 atom stereocenters. The van der Waals surface area contributed by atoms with Crippen LogP contribution in [0.2, 0.25) is 5.02 Å². The number of H-pyrrole nitrogens is 1. The smallest absolute Gasteiger partial charge is 0.264 e. The molecule has 0 saturated heterocycles. The minimum absolute atomic E-state index is 0.0211. The minimum Gasteiger partial charge on any atom is -0.506 e. The Morgan fingerprint density at radius 2 is 1.74 bits per heavy atom. The average molecular weight is 553 g/mol. The molecule has 0 fully saturated rings. The SMILES string of the molecule is CCCCc1[nH]c(=O)c(-c2nnc(C(NC(C)=O)c3ccc(Cl)cc3)o2)c(O)c1-c1c(OC)cccc1OC. The molecule has 0 spiro atoms. The lowest BCUT2D eigenvalue weighted by Crippen LogP contribution is -2.27. The van der Waals surface area contributed by atoms with Gasteiger partial charge in [-0.25, -0.2) is 0 Å². The highest BCUT2D eigenvalue weighted by molar-refractivity contribution is 6.30. The number of pyridine rings is 1. The summed E-state index contributed by atoms with van der Waals surface area (Å²) in [6.07, 6.45) is 2.13. The number of aromatic hydroxyl groups is 1. The summed E-state index contributed by atoms with van der Waals surface area (Å²) in [5, 5.41) is 23.0. The maximum atomic E-state index is 13.3. The number of benzene rings is 2. The van der Waals surface area contributed by atoms with Crippen LogP contribution in [0.15, 0.2) is 51.7 Å². The Labute approximate surface area is 230 Å². The summed E-state index contributed by atoms with van der Waals surface area (Å²) in [5.41, 5.74) is 1.15. The molecule has 1 amide bonds. The van der Waals surface area contributed by atoms with Gasteiger partial charge in [-0.1, -0.05) is 43.1 Å². The fraction of sp³-hybridized carbons (Fsp3) is 0.286. The van der Waals surface area contributed by atoms with Crippen molar-refractivity contribution in [2.75, 3.05) is 14.2 Å². The normalized spacial score (nSPS) is 11.7. The van der Waals surface area contributed by atoms with Gasteiger partial charge in [-0.2, -0.15) is 0 Å². The van der Waals surface area contributed by atoms with Crippen molar-refractivity contribution in [2.45, 2.75) is 39.2 Å². The lowest BCUT2D eigenvalue weighted by Gasteiger charge is -2.18. The second kappa shape index (κ2) is 12.0. The molecule has 204 valence electrons. The van der Waals surface area contributed by atoms with Crippen molar-refractivity contribution in [3.8, 4) is 39.8 Å². The Balaban J connectivity index is 1.91. The van der Waals surface area contributed by atoms with E-state index in [1.165, 1.54) is 21.1 Å². The predicted molar refractivity (Wildman–Crippen MR) is 146 cm³/mol. The number of hydrogen-bond acceptors (Lipinski definition) is 8. The topological polar surface area (TPSA) is 140 Å². The number of nitrogens with one attached hydrogen (secondary N) is 2. The summed E-state index contributed by atoms with van der Waals surface area (Å²) in [4.78, 5) is 28.1. The lowest BCUT2D eigenvalue weighted by atomic mass is 9.96. The van der Waals surface area contributed by atoms with E-state index in [0.717, 1.165) is 12.8 Å². The fourth-order valence-electron chi connectivity index (χ4n) is 4.34. The highest BCUT2D eigenvalue weighted by Gasteiger charge is 2.29. The van der Waals surface area contributed by atoms with Gasteiger partial charge in [0.1, 0.15) is 28.9 Å². The van der Waals surface area contributed by atoms with Gasteiger partial charge in [0.15, 0.2) is 0 Å². The maximum Gasteiger partial charge on any atom is 0.264 e. The largest absolute Gasteiger partial charge is 0.506 e. The third-order valence-electron chi connectivity index (χ3n) is 6.18. The van der Waals surface area contributed by atoms with E-state index in [2.05, 4.69) is 20.5 Å². The number of halogens is 1. The average Bonchev–Trinajstić information content (AvgIpc) is 3.40. The number of carbonyl (C=O) groups excluding carboxylic acids is 1. The van der Waals surface area contributed by atoms with Gasteiger partial charge in [0.25, 0.3) is 11.4 Å². The fourth-order valence-corrected chi connectivity index (χ4v) is 4.47. The number of aromatic nitrogens is 3. The predicted octanol–water partition coefficient (Wildman–Crippen LogP) is 5.04. The third kappa shape index (κ3) is 5.75. The Morgan fingerprint density at radius 3 is 2.33 bits per heavy atom. The first-order valence-corrected chi connectivity index (χ1v) is 12.7. The Kier molecular flexibility index (Phi) is 8.55. The summed E-state index contributed by atoms with van der Waals surface area (Å²) in [7, 11) is 3.02. The van der Waals surface area contributed by atoms with Crippen molar-refractivity contribution < 1.29 is 23.8 Å². The monoisotopic (exact) mass is 552 g/mol. The van der Waals surface area contributed by atoms with Gasteiger partial charge in [-0.15, -0.1) is 10.2 Å². The molecule has 0 radical (unpaired) electrons. The van der Waals surface area contributed by atoms with E-state index >= 15 is 0 Å². The van der Waals surface area contributed by atoms with Crippen LogP contribution in [0.5, 0.6) is 17.2 Å². The molecule has 0 aliphatic heterocycles. The van der Waals surface area contributed by atoms with Crippen LogP contribution in [0.4, 0.5) is 0 Å². The second-order valence-electron chi connectivity index (χ2n) is 8.80. The molecule has 3 N–H and O–H groups in total. The molecule has 1 unspecified atom stereocenters. The summed E-state index contributed by atoms with van der Waals surface area (Å²) in [6.45, 7) is 3.39. The molecule has 2 aromatic heterocycles. The van der Waals surface area contributed by atoms with Gasteiger partial charge in [-0.3, -0.25) is 9.59 Å². The van der Waals surface area contributed by atoms with Gasteiger partial charge in [0.05, 0.1) is 25.3 Å². The van der Waals surface area contributed by atoms with Crippen LogP contribution in [0.3, 0.4) is 0 Å². The van der Waals surface area contributed by atoms with Crippen molar-refractivity contribution in [2.24, 2.45) is 0 Å². The second-order valence-corrected chi connectivity index (χ2v) is 9.24. The number of nitrogens with zero attached hydrogens (tertiary/aromatic N) is 2. The Hall–Kier alpha value is -4.31.